The lowest BCUT2D eigenvalue weighted by molar-refractivity contribution is 0.0950. The van der Waals surface area contributed by atoms with E-state index < -0.39 is 0 Å². The molecule has 0 aliphatic carbocycles. The molecule has 2 heterocycles. The molecule has 0 radical (unpaired) electrons. The molecule has 6 heteroatoms. The number of nitriles is 1. The standard InChI is InChI=1S/C23H19N5O/c1-16-27-21-10-9-17(23(29)26-14-20-8-4-5-11-25-20)12-22(21)28(16)15-19-7-3-2-6-18(19)13-24/h2-12H,14-15H2,1H3,(H,26,29). The summed E-state index contributed by atoms with van der Waals surface area (Å²) in [6.07, 6.45) is 1.70. The Morgan fingerprint density at radius 3 is 2.76 bits per heavy atom. The monoisotopic (exact) mass is 381 g/mol. The molecule has 2 aromatic carbocycles. The van der Waals surface area contributed by atoms with Gasteiger partial charge in [-0.2, -0.15) is 5.26 Å². The fourth-order valence-electron chi connectivity index (χ4n) is 3.30. The molecular weight excluding hydrogens is 362 g/mol. The van der Waals surface area contributed by atoms with Crippen LogP contribution in [-0.4, -0.2) is 20.4 Å². The largest absolute Gasteiger partial charge is 0.346 e. The molecule has 0 atom stereocenters. The van der Waals surface area contributed by atoms with Crippen LogP contribution >= 0.6 is 0 Å². The van der Waals surface area contributed by atoms with Gasteiger partial charge in [-0.1, -0.05) is 24.3 Å². The summed E-state index contributed by atoms with van der Waals surface area (Å²) in [5.41, 5.74) is 4.60. The van der Waals surface area contributed by atoms with Gasteiger partial charge in [-0.15, -0.1) is 0 Å². The number of carbonyl (C=O) groups excluding carboxylic acids is 1. The third-order valence-corrected chi connectivity index (χ3v) is 4.82. The molecule has 1 N–H and O–H groups in total. The number of rotatable bonds is 5. The van der Waals surface area contributed by atoms with Gasteiger partial charge in [0.15, 0.2) is 0 Å². The van der Waals surface area contributed by atoms with Gasteiger partial charge in [0.05, 0.1) is 41.4 Å². The number of fused-ring (bicyclic) bond motifs is 1. The second-order valence-electron chi connectivity index (χ2n) is 6.72. The molecule has 142 valence electrons. The molecule has 0 unspecified atom stereocenters. The van der Waals surface area contributed by atoms with Gasteiger partial charge in [0.2, 0.25) is 0 Å². The molecule has 0 fully saturated rings. The van der Waals surface area contributed by atoms with E-state index in [2.05, 4.69) is 21.4 Å². The van der Waals surface area contributed by atoms with Crippen molar-refractivity contribution in [1.29, 1.82) is 5.26 Å². The highest BCUT2D eigenvalue weighted by atomic mass is 16.1. The second-order valence-corrected chi connectivity index (χ2v) is 6.72. The minimum absolute atomic E-state index is 0.166. The van der Waals surface area contributed by atoms with E-state index in [1.165, 1.54) is 0 Å². The van der Waals surface area contributed by atoms with Crippen molar-refractivity contribution < 1.29 is 4.79 Å². The van der Waals surface area contributed by atoms with E-state index in [1.807, 2.05) is 60.0 Å². The topological polar surface area (TPSA) is 83.6 Å². The number of hydrogen-bond acceptors (Lipinski definition) is 4. The first-order chi connectivity index (χ1) is 14.2. The normalized spacial score (nSPS) is 10.6. The van der Waals surface area contributed by atoms with Crippen LogP contribution < -0.4 is 5.32 Å². The van der Waals surface area contributed by atoms with Crippen molar-refractivity contribution in [1.82, 2.24) is 19.9 Å². The molecule has 0 saturated heterocycles. The number of nitrogens with one attached hydrogen (secondary N) is 1. The van der Waals surface area contributed by atoms with Crippen LogP contribution in [0.3, 0.4) is 0 Å². The van der Waals surface area contributed by atoms with Crippen LogP contribution in [0.4, 0.5) is 0 Å². The van der Waals surface area contributed by atoms with Crippen molar-refractivity contribution in [2.75, 3.05) is 0 Å². The van der Waals surface area contributed by atoms with Gasteiger partial charge in [-0.25, -0.2) is 4.98 Å². The Labute approximate surface area is 168 Å². The maximum Gasteiger partial charge on any atom is 0.251 e. The number of hydrogen-bond donors (Lipinski definition) is 1. The number of aromatic nitrogens is 3. The molecule has 0 aliphatic heterocycles. The van der Waals surface area contributed by atoms with Crippen molar-refractivity contribution in [2.45, 2.75) is 20.0 Å². The van der Waals surface area contributed by atoms with Crippen molar-refractivity contribution >= 4 is 16.9 Å². The van der Waals surface area contributed by atoms with Gasteiger partial charge in [0, 0.05) is 11.8 Å². The number of amides is 1. The highest BCUT2D eigenvalue weighted by molar-refractivity contribution is 5.97. The molecule has 6 nitrogen and oxygen atoms in total. The Balaban J connectivity index is 1.62. The highest BCUT2D eigenvalue weighted by Crippen LogP contribution is 2.21. The number of pyridine rings is 1. The molecule has 4 aromatic rings. The van der Waals surface area contributed by atoms with Gasteiger partial charge in [0.25, 0.3) is 5.91 Å². The van der Waals surface area contributed by atoms with E-state index in [1.54, 1.807) is 18.3 Å². The summed E-state index contributed by atoms with van der Waals surface area (Å²) in [6.45, 7) is 2.81. The highest BCUT2D eigenvalue weighted by Gasteiger charge is 2.13. The number of imidazole rings is 1. The minimum atomic E-state index is -0.166. The minimum Gasteiger partial charge on any atom is -0.346 e. The Bertz CT molecular complexity index is 1220. The lowest BCUT2D eigenvalue weighted by Gasteiger charge is -2.10. The first-order valence-electron chi connectivity index (χ1n) is 9.28. The molecule has 0 saturated carbocycles. The van der Waals surface area contributed by atoms with Gasteiger partial charge in [-0.3, -0.25) is 9.78 Å². The lowest BCUT2D eigenvalue weighted by atomic mass is 10.1. The Hall–Kier alpha value is -3.98. The summed E-state index contributed by atoms with van der Waals surface area (Å²) in [4.78, 5) is 21.4. The van der Waals surface area contributed by atoms with Crippen LogP contribution in [0.5, 0.6) is 0 Å². The summed E-state index contributed by atoms with van der Waals surface area (Å²) in [5, 5.41) is 12.3. The number of aryl methyl sites for hydroxylation is 1. The smallest absolute Gasteiger partial charge is 0.251 e. The summed E-state index contributed by atoms with van der Waals surface area (Å²) in [5.74, 6) is 0.666. The quantitative estimate of drug-likeness (QED) is 0.573. The lowest BCUT2D eigenvalue weighted by Crippen LogP contribution is -2.23. The third kappa shape index (κ3) is 3.85. The third-order valence-electron chi connectivity index (χ3n) is 4.82. The van der Waals surface area contributed by atoms with Crippen molar-refractivity contribution in [3.05, 3.63) is 95.1 Å². The molecule has 1 amide bonds. The van der Waals surface area contributed by atoms with Crippen LogP contribution in [0.15, 0.2) is 66.9 Å². The molecule has 29 heavy (non-hydrogen) atoms. The molecular formula is C23H19N5O. The Kier molecular flexibility index (Phi) is 5.04. The zero-order valence-corrected chi connectivity index (χ0v) is 16.0. The van der Waals surface area contributed by atoms with Crippen molar-refractivity contribution in [3.63, 3.8) is 0 Å². The van der Waals surface area contributed by atoms with Crippen LogP contribution in [0.1, 0.15) is 33.0 Å². The molecule has 4 rings (SSSR count). The number of benzene rings is 2. The van der Waals surface area contributed by atoms with Gasteiger partial charge >= 0.3 is 0 Å². The SMILES string of the molecule is Cc1nc2ccc(C(=O)NCc3ccccn3)cc2n1Cc1ccccc1C#N. The fourth-order valence-corrected chi connectivity index (χ4v) is 3.30. The van der Waals surface area contributed by atoms with Gasteiger partial charge < -0.3 is 9.88 Å². The maximum atomic E-state index is 12.6. The zero-order valence-electron chi connectivity index (χ0n) is 16.0. The zero-order chi connectivity index (χ0) is 20.2. The van der Waals surface area contributed by atoms with Crippen LogP contribution in [-0.2, 0) is 13.1 Å². The number of nitrogens with zero attached hydrogens (tertiary/aromatic N) is 4. The first kappa shape index (κ1) is 18.4. The predicted molar refractivity (Wildman–Crippen MR) is 110 cm³/mol. The van der Waals surface area contributed by atoms with E-state index in [-0.39, 0.29) is 5.91 Å². The molecule has 0 bridgehead atoms. The van der Waals surface area contributed by atoms with Crippen LogP contribution in [0.2, 0.25) is 0 Å². The first-order valence-corrected chi connectivity index (χ1v) is 9.28. The summed E-state index contributed by atoms with van der Waals surface area (Å²) < 4.78 is 2.03. The number of carbonyl (C=O) groups is 1. The average molecular weight is 381 g/mol. The van der Waals surface area contributed by atoms with Gasteiger partial charge in [0.1, 0.15) is 5.82 Å². The molecule has 2 aromatic heterocycles. The summed E-state index contributed by atoms with van der Waals surface area (Å²) in [7, 11) is 0. The summed E-state index contributed by atoms with van der Waals surface area (Å²) >= 11 is 0. The molecule has 0 spiro atoms. The molecule has 0 aliphatic rings. The van der Waals surface area contributed by atoms with E-state index in [0.29, 0.717) is 24.2 Å². The van der Waals surface area contributed by atoms with E-state index in [4.69, 9.17) is 0 Å². The maximum absolute atomic E-state index is 12.6. The average Bonchev–Trinajstić information content (AvgIpc) is 3.07. The van der Waals surface area contributed by atoms with E-state index >= 15 is 0 Å². The fraction of sp³-hybridized carbons (Fsp3) is 0.130. The van der Waals surface area contributed by atoms with E-state index in [9.17, 15) is 10.1 Å². The van der Waals surface area contributed by atoms with Crippen molar-refractivity contribution in [2.24, 2.45) is 0 Å². The van der Waals surface area contributed by atoms with E-state index in [0.717, 1.165) is 28.1 Å². The predicted octanol–water partition coefficient (Wildman–Crippen LogP) is 3.59. The van der Waals surface area contributed by atoms with Gasteiger partial charge in [-0.05, 0) is 48.9 Å². The van der Waals surface area contributed by atoms with Crippen LogP contribution in [0, 0.1) is 18.3 Å². The second kappa shape index (κ2) is 7.95. The van der Waals surface area contributed by atoms with Crippen molar-refractivity contribution in [3.8, 4) is 6.07 Å². The Morgan fingerprint density at radius 2 is 1.97 bits per heavy atom. The Morgan fingerprint density at radius 1 is 1.14 bits per heavy atom. The van der Waals surface area contributed by atoms with Crippen LogP contribution in [0.25, 0.3) is 11.0 Å². The summed E-state index contributed by atoms with van der Waals surface area (Å²) in [6, 6.07) is 20.8.